The van der Waals surface area contributed by atoms with E-state index in [1.165, 1.54) is 0 Å². The molecular weight excluding hydrogens is 257 g/mol. The van der Waals surface area contributed by atoms with E-state index < -0.39 is 24.1 Å². The van der Waals surface area contributed by atoms with Gasteiger partial charge in [0.15, 0.2) is 0 Å². The van der Waals surface area contributed by atoms with Gasteiger partial charge < -0.3 is 5.11 Å². The predicted molar refractivity (Wildman–Crippen MR) is 64.4 cm³/mol. The van der Waals surface area contributed by atoms with Gasteiger partial charge in [-0.2, -0.15) is 18.3 Å². The van der Waals surface area contributed by atoms with Crippen molar-refractivity contribution >= 4 is 0 Å². The summed E-state index contributed by atoms with van der Waals surface area (Å²) in [4.78, 5) is 0. The summed E-state index contributed by atoms with van der Waals surface area (Å²) < 4.78 is 40.5. The zero-order valence-corrected chi connectivity index (χ0v) is 10.9. The van der Waals surface area contributed by atoms with Crippen LogP contribution in [0.3, 0.4) is 0 Å². The third-order valence-electron chi connectivity index (χ3n) is 3.94. The Kier molecular flexibility index (Phi) is 4.18. The molecule has 1 aliphatic rings. The van der Waals surface area contributed by atoms with E-state index in [-0.39, 0.29) is 12.8 Å². The monoisotopic (exact) mass is 276 g/mol. The zero-order chi connectivity index (χ0) is 14.0. The Morgan fingerprint density at radius 3 is 2.68 bits per heavy atom. The first-order valence-corrected chi connectivity index (χ1v) is 6.60. The van der Waals surface area contributed by atoms with Crippen molar-refractivity contribution in [2.24, 2.45) is 18.9 Å². The average molecular weight is 276 g/mol. The van der Waals surface area contributed by atoms with Crippen LogP contribution in [0.2, 0.25) is 0 Å². The van der Waals surface area contributed by atoms with E-state index in [9.17, 15) is 18.3 Å². The number of alkyl halides is 3. The second kappa shape index (κ2) is 5.53. The van der Waals surface area contributed by atoms with Crippen LogP contribution in [-0.4, -0.2) is 27.2 Å². The Labute approximate surface area is 110 Å². The van der Waals surface area contributed by atoms with Crippen LogP contribution in [-0.2, 0) is 13.5 Å². The van der Waals surface area contributed by atoms with Crippen LogP contribution in [0.1, 0.15) is 31.2 Å². The minimum atomic E-state index is -4.21. The Hall–Kier alpha value is -1.04. The Morgan fingerprint density at radius 2 is 2.11 bits per heavy atom. The predicted octanol–water partition coefficient (Wildman–Crippen LogP) is 2.69. The van der Waals surface area contributed by atoms with Gasteiger partial charge in [0, 0.05) is 19.7 Å². The van der Waals surface area contributed by atoms with Gasteiger partial charge in [-0.3, -0.25) is 4.68 Å². The number of halogens is 3. The van der Waals surface area contributed by atoms with E-state index in [0.717, 1.165) is 12.0 Å². The lowest BCUT2D eigenvalue weighted by molar-refractivity contribution is -0.206. The number of aliphatic hydroxyl groups excluding tert-OH is 1. The standard InChI is InChI=1S/C13H19F3N2O/c1-18-8-9(7-17-18)6-12(19)10-4-2-3-5-11(10)13(14,15)16/h7-8,10-12,19H,2-6H2,1H3. The van der Waals surface area contributed by atoms with Crippen molar-refractivity contribution in [1.82, 2.24) is 9.78 Å². The first kappa shape index (κ1) is 14.4. The quantitative estimate of drug-likeness (QED) is 0.921. The van der Waals surface area contributed by atoms with Gasteiger partial charge in [-0.1, -0.05) is 12.8 Å². The van der Waals surface area contributed by atoms with E-state index >= 15 is 0 Å². The minimum absolute atomic E-state index is 0.137. The second-order valence-electron chi connectivity index (χ2n) is 5.39. The molecule has 2 rings (SSSR count). The van der Waals surface area contributed by atoms with Gasteiger partial charge in [-0.15, -0.1) is 0 Å². The summed E-state index contributed by atoms with van der Waals surface area (Å²) >= 11 is 0. The van der Waals surface area contributed by atoms with Crippen LogP contribution in [0.5, 0.6) is 0 Å². The topological polar surface area (TPSA) is 38.0 Å². The van der Waals surface area contributed by atoms with Crippen molar-refractivity contribution in [2.45, 2.75) is 44.4 Å². The molecule has 1 N–H and O–H groups in total. The Balaban J connectivity index is 2.05. The highest BCUT2D eigenvalue weighted by Gasteiger charge is 2.47. The first-order chi connectivity index (χ1) is 8.88. The van der Waals surface area contributed by atoms with Crippen molar-refractivity contribution in [3.8, 4) is 0 Å². The molecule has 6 heteroatoms. The molecule has 3 unspecified atom stereocenters. The molecule has 1 aromatic rings. The fourth-order valence-corrected chi connectivity index (χ4v) is 3.00. The number of hydrogen-bond acceptors (Lipinski definition) is 2. The van der Waals surface area contributed by atoms with E-state index in [0.29, 0.717) is 12.8 Å². The Bertz CT molecular complexity index is 416. The molecule has 1 aromatic heterocycles. The van der Waals surface area contributed by atoms with E-state index in [2.05, 4.69) is 5.10 Å². The molecule has 0 amide bonds. The fraction of sp³-hybridized carbons (Fsp3) is 0.769. The van der Waals surface area contributed by atoms with E-state index in [1.54, 1.807) is 24.1 Å². The van der Waals surface area contributed by atoms with Crippen LogP contribution in [0.4, 0.5) is 13.2 Å². The van der Waals surface area contributed by atoms with Gasteiger partial charge in [0.25, 0.3) is 0 Å². The molecule has 0 radical (unpaired) electrons. The molecule has 0 spiro atoms. The van der Waals surface area contributed by atoms with Crippen LogP contribution in [0.15, 0.2) is 12.4 Å². The number of aliphatic hydroxyl groups is 1. The van der Waals surface area contributed by atoms with Crippen LogP contribution < -0.4 is 0 Å². The summed E-state index contributed by atoms with van der Waals surface area (Å²) in [6.45, 7) is 0. The van der Waals surface area contributed by atoms with Crippen molar-refractivity contribution in [1.29, 1.82) is 0 Å². The normalized spacial score (nSPS) is 26.4. The SMILES string of the molecule is Cn1cc(CC(O)C2CCCCC2C(F)(F)F)cn1. The lowest BCUT2D eigenvalue weighted by atomic mass is 9.74. The van der Waals surface area contributed by atoms with Crippen LogP contribution >= 0.6 is 0 Å². The molecule has 1 saturated carbocycles. The van der Waals surface area contributed by atoms with Gasteiger partial charge in [0.2, 0.25) is 0 Å². The maximum absolute atomic E-state index is 13.0. The highest BCUT2D eigenvalue weighted by Crippen LogP contribution is 2.43. The maximum atomic E-state index is 13.0. The molecule has 3 nitrogen and oxygen atoms in total. The van der Waals surface area contributed by atoms with Gasteiger partial charge in [-0.05, 0) is 24.3 Å². The smallest absolute Gasteiger partial charge is 0.392 e. The molecule has 0 bridgehead atoms. The maximum Gasteiger partial charge on any atom is 0.392 e. The molecule has 1 fully saturated rings. The average Bonchev–Trinajstić information content (AvgIpc) is 2.73. The van der Waals surface area contributed by atoms with E-state index in [4.69, 9.17) is 0 Å². The lowest BCUT2D eigenvalue weighted by Gasteiger charge is -2.35. The molecule has 1 aliphatic carbocycles. The number of aromatic nitrogens is 2. The number of rotatable bonds is 3. The van der Waals surface area contributed by atoms with Crippen molar-refractivity contribution in [2.75, 3.05) is 0 Å². The number of nitrogens with zero attached hydrogens (tertiary/aromatic N) is 2. The number of aryl methyl sites for hydroxylation is 1. The molecule has 0 saturated heterocycles. The van der Waals surface area contributed by atoms with Gasteiger partial charge in [0.05, 0.1) is 18.2 Å². The van der Waals surface area contributed by atoms with Gasteiger partial charge >= 0.3 is 6.18 Å². The zero-order valence-electron chi connectivity index (χ0n) is 10.9. The number of hydrogen-bond donors (Lipinski definition) is 1. The lowest BCUT2D eigenvalue weighted by Crippen LogP contribution is -2.40. The fourth-order valence-electron chi connectivity index (χ4n) is 3.00. The molecular formula is C13H19F3N2O. The molecule has 108 valence electrons. The molecule has 19 heavy (non-hydrogen) atoms. The Morgan fingerprint density at radius 1 is 1.42 bits per heavy atom. The molecule has 0 aliphatic heterocycles. The highest BCUT2D eigenvalue weighted by atomic mass is 19.4. The summed E-state index contributed by atoms with van der Waals surface area (Å²) in [6.07, 6.45) is 0.358. The summed E-state index contributed by atoms with van der Waals surface area (Å²) in [6, 6.07) is 0. The van der Waals surface area contributed by atoms with Crippen LogP contribution in [0.25, 0.3) is 0 Å². The van der Waals surface area contributed by atoms with Crippen molar-refractivity contribution < 1.29 is 18.3 Å². The second-order valence-corrected chi connectivity index (χ2v) is 5.39. The van der Waals surface area contributed by atoms with Crippen LogP contribution in [0, 0.1) is 11.8 Å². The minimum Gasteiger partial charge on any atom is -0.392 e. The molecule has 0 aromatic carbocycles. The summed E-state index contributed by atoms with van der Waals surface area (Å²) in [7, 11) is 1.75. The third kappa shape index (κ3) is 3.49. The van der Waals surface area contributed by atoms with Gasteiger partial charge in [-0.25, -0.2) is 0 Å². The summed E-state index contributed by atoms with van der Waals surface area (Å²) in [5.41, 5.74) is 0.779. The first-order valence-electron chi connectivity index (χ1n) is 6.60. The van der Waals surface area contributed by atoms with Gasteiger partial charge in [0.1, 0.15) is 0 Å². The summed E-state index contributed by atoms with van der Waals surface area (Å²) in [5, 5.41) is 14.1. The highest BCUT2D eigenvalue weighted by molar-refractivity contribution is 5.06. The van der Waals surface area contributed by atoms with Crippen molar-refractivity contribution in [3.63, 3.8) is 0 Å². The van der Waals surface area contributed by atoms with Crippen molar-refractivity contribution in [3.05, 3.63) is 18.0 Å². The van der Waals surface area contributed by atoms with E-state index in [1.807, 2.05) is 0 Å². The molecule has 3 atom stereocenters. The molecule has 1 heterocycles. The third-order valence-corrected chi connectivity index (χ3v) is 3.94. The summed E-state index contributed by atoms with van der Waals surface area (Å²) in [5.74, 6) is -2.05. The largest absolute Gasteiger partial charge is 0.392 e.